The van der Waals surface area contributed by atoms with Crippen molar-refractivity contribution in [2.45, 2.75) is 6.10 Å². The minimum absolute atomic E-state index is 0.345. The van der Waals surface area contributed by atoms with Crippen LogP contribution >= 0.6 is 0 Å². The van der Waals surface area contributed by atoms with Crippen molar-refractivity contribution < 1.29 is 9.84 Å². The fourth-order valence-electron chi connectivity index (χ4n) is 1.89. The van der Waals surface area contributed by atoms with Crippen molar-refractivity contribution in [1.29, 1.82) is 0 Å². The summed E-state index contributed by atoms with van der Waals surface area (Å²) < 4.78 is 5.51. The molecule has 4 heteroatoms. The molecular weight excluding hydrogens is 216 g/mol. The Balaban J connectivity index is 1.68. The van der Waals surface area contributed by atoms with E-state index in [9.17, 15) is 5.11 Å². The Morgan fingerprint density at radius 3 is 2.65 bits per heavy atom. The van der Waals surface area contributed by atoms with Crippen molar-refractivity contribution in [3.63, 3.8) is 0 Å². The van der Waals surface area contributed by atoms with E-state index in [-0.39, 0.29) is 0 Å². The molecule has 0 amide bonds. The van der Waals surface area contributed by atoms with E-state index in [0.29, 0.717) is 13.2 Å². The fourth-order valence-corrected chi connectivity index (χ4v) is 1.89. The molecule has 1 aliphatic rings. The summed E-state index contributed by atoms with van der Waals surface area (Å²) in [6.45, 7) is 4.67. The van der Waals surface area contributed by atoms with E-state index >= 15 is 0 Å². The zero-order chi connectivity index (χ0) is 11.9. The standard InChI is InChI=1S/C13H19N2O2/c16-12(10-15-8-6-14-7-9-15)11-17-13-4-2-1-3-5-13/h1-5,12,16H,6-11H2. The average Bonchev–Trinajstić information content (AvgIpc) is 2.39. The zero-order valence-corrected chi connectivity index (χ0v) is 9.96. The Labute approximate surface area is 102 Å². The number of hydrogen-bond acceptors (Lipinski definition) is 3. The number of para-hydroxylation sites is 1. The van der Waals surface area contributed by atoms with Gasteiger partial charge in [0.1, 0.15) is 18.5 Å². The molecule has 1 aromatic carbocycles. The molecule has 1 saturated heterocycles. The second-order valence-corrected chi connectivity index (χ2v) is 4.25. The predicted molar refractivity (Wildman–Crippen MR) is 66.3 cm³/mol. The van der Waals surface area contributed by atoms with Crippen LogP contribution in [-0.2, 0) is 0 Å². The maximum absolute atomic E-state index is 9.87. The van der Waals surface area contributed by atoms with Gasteiger partial charge < -0.3 is 9.84 Å². The molecule has 1 atom stereocenters. The van der Waals surface area contributed by atoms with Gasteiger partial charge in [0.05, 0.1) is 0 Å². The number of benzene rings is 1. The number of hydrogen-bond donors (Lipinski definition) is 1. The summed E-state index contributed by atoms with van der Waals surface area (Å²) in [5.74, 6) is 0.806. The topological polar surface area (TPSA) is 46.8 Å². The van der Waals surface area contributed by atoms with Crippen molar-refractivity contribution in [3.05, 3.63) is 30.3 Å². The molecule has 0 bridgehead atoms. The van der Waals surface area contributed by atoms with E-state index in [1.807, 2.05) is 30.3 Å². The first-order valence-electron chi connectivity index (χ1n) is 6.06. The number of aliphatic hydroxyl groups excluding tert-OH is 1. The van der Waals surface area contributed by atoms with Gasteiger partial charge in [-0.1, -0.05) is 18.2 Å². The Hall–Kier alpha value is -1.10. The first kappa shape index (κ1) is 12.4. The van der Waals surface area contributed by atoms with Gasteiger partial charge in [-0.25, -0.2) is 5.32 Å². The van der Waals surface area contributed by atoms with Crippen LogP contribution in [0.15, 0.2) is 30.3 Å². The molecule has 17 heavy (non-hydrogen) atoms. The number of rotatable bonds is 5. The van der Waals surface area contributed by atoms with Crippen molar-refractivity contribution in [1.82, 2.24) is 10.2 Å². The first-order valence-corrected chi connectivity index (χ1v) is 6.06. The van der Waals surface area contributed by atoms with Crippen molar-refractivity contribution in [2.75, 3.05) is 39.3 Å². The average molecular weight is 235 g/mol. The molecule has 4 nitrogen and oxygen atoms in total. The third-order valence-corrected chi connectivity index (χ3v) is 2.80. The second-order valence-electron chi connectivity index (χ2n) is 4.25. The van der Waals surface area contributed by atoms with Gasteiger partial charge in [0, 0.05) is 32.7 Å². The quantitative estimate of drug-likeness (QED) is 0.801. The minimum atomic E-state index is -0.437. The van der Waals surface area contributed by atoms with Crippen LogP contribution < -0.4 is 10.1 Å². The molecule has 1 N–H and O–H groups in total. The Morgan fingerprint density at radius 2 is 1.94 bits per heavy atom. The number of nitrogens with zero attached hydrogens (tertiary/aromatic N) is 2. The summed E-state index contributed by atoms with van der Waals surface area (Å²) in [6.07, 6.45) is -0.437. The van der Waals surface area contributed by atoms with Crippen molar-refractivity contribution >= 4 is 0 Å². The molecular formula is C13H19N2O2. The molecule has 0 aliphatic carbocycles. The predicted octanol–water partition coefficient (Wildman–Crippen LogP) is 0.346. The van der Waals surface area contributed by atoms with E-state index in [1.54, 1.807) is 0 Å². The lowest BCUT2D eigenvalue weighted by atomic mass is 10.3. The van der Waals surface area contributed by atoms with E-state index in [1.165, 1.54) is 0 Å². The highest BCUT2D eigenvalue weighted by Crippen LogP contribution is 2.08. The highest BCUT2D eigenvalue weighted by atomic mass is 16.5. The smallest absolute Gasteiger partial charge is 0.119 e. The lowest BCUT2D eigenvalue weighted by Crippen LogP contribution is -2.44. The molecule has 93 valence electrons. The largest absolute Gasteiger partial charge is 0.491 e. The van der Waals surface area contributed by atoms with Gasteiger partial charge in [0.15, 0.2) is 0 Å². The second kappa shape index (κ2) is 6.59. The van der Waals surface area contributed by atoms with Crippen LogP contribution in [0.2, 0.25) is 0 Å². The molecule has 1 aliphatic heterocycles. The summed E-state index contributed by atoms with van der Waals surface area (Å²) in [5, 5.41) is 14.1. The lowest BCUT2D eigenvalue weighted by Gasteiger charge is -2.28. The van der Waals surface area contributed by atoms with Crippen LogP contribution in [0, 0.1) is 0 Å². The summed E-state index contributed by atoms with van der Waals surface area (Å²) in [5.41, 5.74) is 0. The van der Waals surface area contributed by atoms with E-state index in [2.05, 4.69) is 10.2 Å². The molecule has 1 unspecified atom stereocenters. The van der Waals surface area contributed by atoms with Gasteiger partial charge in [-0.05, 0) is 12.1 Å². The van der Waals surface area contributed by atoms with Gasteiger partial charge in [-0.2, -0.15) is 0 Å². The van der Waals surface area contributed by atoms with E-state index in [0.717, 1.165) is 31.9 Å². The summed E-state index contributed by atoms with van der Waals surface area (Å²) >= 11 is 0. The van der Waals surface area contributed by atoms with Crippen molar-refractivity contribution in [2.24, 2.45) is 0 Å². The van der Waals surface area contributed by atoms with Crippen LogP contribution in [0.3, 0.4) is 0 Å². The molecule has 0 aromatic heterocycles. The fraction of sp³-hybridized carbons (Fsp3) is 0.538. The SMILES string of the molecule is OC(COc1ccccc1)CN1CC[N]CC1. The number of β-amino-alcohol motifs (C(OH)–C–C–N with tert-alkyl or cyclic N) is 1. The summed E-state index contributed by atoms with van der Waals surface area (Å²) in [4.78, 5) is 2.23. The third-order valence-electron chi connectivity index (χ3n) is 2.80. The Morgan fingerprint density at radius 1 is 1.24 bits per heavy atom. The molecule has 1 fully saturated rings. The highest BCUT2D eigenvalue weighted by Gasteiger charge is 2.15. The van der Waals surface area contributed by atoms with Gasteiger partial charge in [-0.15, -0.1) is 0 Å². The van der Waals surface area contributed by atoms with Gasteiger partial charge in [0.2, 0.25) is 0 Å². The zero-order valence-electron chi connectivity index (χ0n) is 9.96. The molecule has 1 radical (unpaired) electrons. The maximum atomic E-state index is 9.87. The highest BCUT2D eigenvalue weighted by molar-refractivity contribution is 5.20. The summed E-state index contributed by atoms with van der Waals surface area (Å²) in [6, 6.07) is 9.58. The number of piperazine rings is 1. The van der Waals surface area contributed by atoms with Crippen LogP contribution in [-0.4, -0.2) is 55.4 Å². The van der Waals surface area contributed by atoms with E-state index < -0.39 is 6.10 Å². The van der Waals surface area contributed by atoms with Crippen LogP contribution in [0.4, 0.5) is 0 Å². The molecule has 1 heterocycles. The van der Waals surface area contributed by atoms with Gasteiger partial charge in [0.25, 0.3) is 0 Å². The monoisotopic (exact) mass is 235 g/mol. The molecule has 0 spiro atoms. The number of aliphatic hydroxyl groups is 1. The molecule has 2 rings (SSSR count). The number of ether oxygens (including phenoxy) is 1. The maximum Gasteiger partial charge on any atom is 0.119 e. The lowest BCUT2D eigenvalue weighted by molar-refractivity contribution is 0.0638. The normalized spacial score (nSPS) is 18.9. The molecule has 1 aromatic rings. The molecule has 0 saturated carbocycles. The minimum Gasteiger partial charge on any atom is -0.491 e. The third kappa shape index (κ3) is 4.34. The first-order chi connectivity index (χ1) is 8.34. The van der Waals surface area contributed by atoms with Crippen LogP contribution in [0.5, 0.6) is 5.75 Å². The van der Waals surface area contributed by atoms with Crippen molar-refractivity contribution in [3.8, 4) is 5.75 Å². The Bertz CT molecular complexity index is 312. The van der Waals surface area contributed by atoms with Gasteiger partial charge in [-0.3, -0.25) is 4.90 Å². The van der Waals surface area contributed by atoms with Crippen LogP contribution in [0.25, 0.3) is 0 Å². The van der Waals surface area contributed by atoms with Crippen LogP contribution in [0.1, 0.15) is 0 Å². The van der Waals surface area contributed by atoms with Gasteiger partial charge >= 0.3 is 0 Å². The Kier molecular flexibility index (Phi) is 4.79. The summed E-state index contributed by atoms with van der Waals surface area (Å²) in [7, 11) is 0. The van der Waals surface area contributed by atoms with E-state index in [4.69, 9.17) is 4.74 Å².